The van der Waals surface area contributed by atoms with Crippen molar-refractivity contribution in [1.29, 1.82) is 0 Å². The van der Waals surface area contributed by atoms with Crippen LogP contribution in [0, 0.1) is 5.82 Å². The predicted molar refractivity (Wildman–Crippen MR) is 46.3 cm³/mol. The van der Waals surface area contributed by atoms with Crippen molar-refractivity contribution in [3.05, 3.63) is 36.3 Å². The molecule has 0 saturated heterocycles. The molecule has 2 N–H and O–H groups in total. The maximum atomic E-state index is 12.5. The fraction of sp³-hybridized carbons (Fsp3) is 0.111. The van der Waals surface area contributed by atoms with E-state index >= 15 is 0 Å². The Hall–Kier alpha value is -1.35. The monoisotopic (exact) mass is 167 g/mol. The van der Waals surface area contributed by atoms with Crippen LogP contribution in [0.5, 0.6) is 0 Å². The lowest BCUT2D eigenvalue weighted by Gasteiger charge is -1.85. The van der Waals surface area contributed by atoms with Gasteiger partial charge in [-0.1, -0.05) is 0 Å². The van der Waals surface area contributed by atoms with Crippen LogP contribution in [0.4, 0.5) is 4.39 Å². The SMILES string of the molecule is CN.Fc1ccc2occc2c1. The van der Waals surface area contributed by atoms with Gasteiger partial charge in [0, 0.05) is 5.39 Å². The van der Waals surface area contributed by atoms with Crippen LogP contribution in [0.15, 0.2) is 34.9 Å². The normalized spacial score (nSPS) is 9.25. The standard InChI is InChI=1S/C8H5FO.CH5N/c9-7-1-2-8-6(5-7)3-4-10-8;1-2/h1-5H;2H2,1H3. The molecule has 0 saturated carbocycles. The summed E-state index contributed by atoms with van der Waals surface area (Å²) in [7, 11) is 1.50. The summed E-state index contributed by atoms with van der Waals surface area (Å²) < 4.78 is 17.5. The number of rotatable bonds is 0. The van der Waals surface area contributed by atoms with Gasteiger partial charge in [0.1, 0.15) is 11.4 Å². The largest absolute Gasteiger partial charge is 0.464 e. The van der Waals surface area contributed by atoms with Gasteiger partial charge in [0.2, 0.25) is 0 Å². The quantitative estimate of drug-likeness (QED) is 0.652. The van der Waals surface area contributed by atoms with Crippen molar-refractivity contribution in [2.45, 2.75) is 0 Å². The Balaban J connectivity index is 0.000000336. The van der Waals surface area contributed by atoms with Gasteiger partial charge in [-0.25, -0.2) is 4.39 Å². The lowest BCUT2D eigenvalue weighted by atomic mass is 10.2. The van der Waals surface area contributed by atoms with E-state index in [9.17, 15) is 4.39 Å². The summed E-state index contributed by atoms with van der Waals surface area (Å²) in [5, 5.41) is 0.806. The smallest absolute Gasteiger partial charge is 0.134 e. The number of furan rings is 1. The minimum Gasteiger partial charge on any atom is -0.464 e. The average molecular weight is 167 g/mol. The number of hydrogen-bond donors (Lipinski definition) is 1. The van der Waals surface area contributed by atoms with Crippen molar-refractivity contribution >= 4 is 11.0 Å². The topological polar surface area (TPSA) is 39.2 Å². The van der Waals surface area contributed by atoms with Crippen LogP contribution in [0.3, 0.4) is 0 Å². The summed E-state index contributed by atoms with van der Waals surface area (Å²) in [5.41, 5.74) is 5.22. The summed E-state index contributed by atoms with van der Waals surface area (Å²) in [6.45, 7) is 0. The van der Waals surface area contributed by atoms with Gasteiger partial charge in [0.15, 0.2) is 0 Å². The number of halogens is 1. The molecule has 3 heteroatoms. The number of nitrogens with two attached hydrogens (primary N) is 1. The van der Waals surface area contributed by atoms with E-state index in [1.807, 2.05) is 0 Å². The van der Waals surface area contributed by atoms with Crippen molar-refractivity contribution < 1.29 is 8.81 Å². The first-order valence-electron chi connectivity index (χ1n) is 3.57. The highest BCUT2D eigenvalue weighted by Gasteiger charge is 1.95. The molecule has 2 rings (SSSR count). The van der Waals surface area contributed by atoms with Crippen molar-refractivity contribution in [3.8, 4) is 0 Å². The number of hydrogen-bond acceptors (Lipinski definition) is 2. The lowest BCUT2D eigenvalue weighted by Crippen LogP contribution is -1.69. The van der Waals surface area contributed by atoms with Gasteiger partial charge in [0.25, 0.3) is 0 Å². The Bertz CT molecular complexity index is 356. The summed E-state index contributed by atoms with van der Waals surface area (Å²) >= 11 is 0. The van der Waals surface area contributed by atoms with Crippen LogP contribution in [0.2, 0.25) is 0 Å². The van der Waals surface area contributed by atoms with Crippen molar-refractivity contribution in [3.63, 3.8) is 0 Å². The van der Waals surface area contributed by atoms with Crippen molar-refractivity contribution in [2.24, 2.45) is 5.73 Å². The second-order valence-corrected chi connectivity index (χ2v) is 2.10. The van der Waals surface area contributed by atoms with Gasteiger partial charge in [-0.15, -0.1) is 0 Å². The Morgan fingerprint density at radius 2 is 2.00 bits per heavy atom. The molecule has 0 radical (unpaired) electrons. The average Bonchev–Trinajstić information content (AvgIpc) is 2.54. The second-order valence-electron chi connectivity index (χ2n) is 2.10. The highest BCUT2D eigenvalue weighted by molar-refractivity contribution is 5.76. The van der Waals surface area contributed by atoms with Crippen LogP contribution in [0.25, 0.3) is 11.0 Å². The molecule has 0 amide bonds. The zero-order valence-corrected chi connectivity index (χ0v) is 6.75. The van der Waals surface area contributed by atoms with Crippen LogP contribution in [0.1, 0.15) is 0 Å². The van der Waals surface area contributed by atoms with E-state index in [0.29, 0.717) is 0 Å². The third-order valence-corrected chi connectivity index (χ3v) is 1.41. The third-order valence-electron chi connectivity index (χ3n) is 1.41. The molecule has 2 aromatic rings. The first kappa shape index (κ1) is 8.74. The Labute approximate surface area is 69.8 Å². The van der Waals surface area contributed by atoms with E-state index in [1.54, 1.807) is 18.4 Å². The zero-order chi connectivity index (χ0) is 8.97. The van der Waals surface area contributed by atoms with E-state index < -0.39 is 0 Å². The van der Waals surface area contributed by atoms with E-state index in [4.69, 9.17) is 4.42 Å². The number of benzene rings is 1. The molecule has 12 heavy (non-hydrogen) atoms. The molecular weight excluding hydrogens is 157 g/mol. The van der Waals surface area contributed by atoms with Crippen molar-refractivity contribution in [2.75, 3.05) is 7.05 Å². The fourth-order valence-corrected chi connectivity index (χ4v) is 0.938. The first-order valence-corrected chi connectivity index (χ1v) is 3.57. The van der Waals surface area contributed by atoms with Crippen molar-refractivity contribution in [1.82, 2.24) is 0 Å². The van der Waals surface area contributed by atoms with Gasteiger partial charge in [-0.05, 0) is 31.3 Å². The molecule has 0 bridgehead atoms. The van der Waals surface area contributed by atoms with Crippen LogP contribution in [-0.2, 0) is 0 Å². The minimum absolute atomic E-state index is 0.228. The highest BCUT2D eigenvalue weighted by atomic mass is 19.1. The van der Waals surface area contributed by atoms with Crippen LogP contribution < -0.4 is 5.73 Å². The summed E-state index contributed by atoms with van der Waals surface area (Å²) in [4.78, 5) is 0. The number of fused-ring (bicyclic) bond motifs is 1. The summed E-state index contributed by atoms with van der Waals surface area (Å²) in [6.07, 6.45) is 1.55. The molecule has 0 atom stereocenters. The molecule has 0 aliphatic carbocycles. The van der Waals surface area contributed by atoms with Gasteiger partial charge >= 0.3 is 0 Å². The van der Waals surface area contributed by atoms with Crippen LogP contribution in [-0.4, -0.2) is 7.05 Å². The summed E-state index contributed by atoms with van der Waals surface area (Å²) in [5.74, 6) is -0.228. The maximum absolute atomic E-state index is 12.5. The molecule has 0 aliphatic rings. The Morgan fingerprint density at radius 3 is 2.75 bits per heavy atom. The predicted octanol–water partition coefficient (Wildman–Crippen LogP) is 2.15. The Morgan fingerprint density at radius 1 is 1.25 bits per heavy atom. The third kappa shape index (κ3) is 1.62. The molecule has 0 fully saturated rings. The van der Waals surface area contributed by atoms with Gasteiger partial charge in [0.05, 0.1) is 6.26 Å². The van der Waals surface area contributed by atoms with Crippen LogP contribution >= 0.6 is 0 Å². The van der Waals surface area contributed by atoms with Gasteiger partial charge in [-0.2, -0.15) is 0 Å². The highest BCUT2D eigenvalue weighted by Crippen LogP contribution is 2.15. The van der Waals surface area contributed by atoms with Gasteiger partial charge < -0.3 is 10.2 Å². The molecule has 1 aromatic carbocycles. The first-order chi connectivity index (χ1) is 5.86. The molecule has 0 aliphatic heterocycles. The second kappa shape index (κ2) is 3.88. The van der Waals surface area contributed by atoms with E-state index in [-0.39, 0.29) is 5.82 Å². The molecule has 1 heterocycles. The zero-order valence-electron chi connectivity index (χ0n) is 6.75. The van der Waals surface area contributed by atoms with E-state index in [0.717, 1.165) is 11.0 Å². The molecule has 1 aromatic heterocycles. The molecule has 2 nitrogen and oxygen atoms in total. The maximum Gasteiger partial charge on any atom is 0.134 e. The Kier molecular flexibility index (Phi) is 2.82. The molecular formula is C9H10FNO. The lowest BCUT2D eigenvalue weighted by molar-refractivity contribution is 0.609. The minimum atomic E-state index is -0.228. The fourth-order valence-electron chi connectivity index (χ4n) is 0.938. The van der Waals surface area contributed by atoms with Gasteiger partial charge in [-0.3, -0.25) is 0 Å². The molecule has 0 unspecified atom stereocenters. The van der Waals surface area contributed by atoms with E-state index in [1.165, 1.54) is 19.2 Å². The molecule has 64 valence electrons. The molecule has 0 spiro atoms. The summed E-state index contributed by atoms with van der Waals surface area (Å²) in [6, 6.07) is 6.17. The van der Waals surface area contributed by atoms with E-state index in [2.05, 4.69) is 5.73 Å².